The van der Waals surface area contributed by atoms with Gasteiger partial charge in [0.05, 0.1) is 25.7 Å². The molecule has 28 heavy (non-hydrogen) atoms. The van der Waals surface area contributed by atoms with Crippen molar-refractivity contribution in [1.82, 2.24) is 0 Å². The first-order chi connectivity index (χ1) is 13.0. The molecule has 0 aromatic carbocycles. The summed E-state index contributed by atoms with van der Waals surface area (Å²) in [5.41, 5.74) is -2.41. The van der Waals surface area contributed by atoms with Crippen molar-refractivity contribution in [3.63, 3.8) is 0 Å². The summed E-state index contributed by atoms with van der Waals surface area (Å²) in [5, 5.41) is 35.5. The third-order valence-corrected chi connectivity index (χ3v) is 3.74. The second-order valence-electron chi connectivity index (χ2n) is 6.81. The lowest BCUT2D eigenvalue weighted by Gasteiger charge is -2.17. The molecule has 4 unspecified atom stereocenters. The van der Waals surface area contributed by atoms with E-state index in [4.69, 9.17) is 26.3 Å². The zero-order valence-electron chi connectivity index (χ0n) is 16.7. The van der Waals surface area contributed by atoms with Crippen molar-refractivity contribution < 1.29 is 29.3 Å². The Labute approximate surface area is 165 Å². The van der Waals surface area contributed by atoms with Gasteiger partial charge in [-0.3, -0.25) is 4.85 Å². The zero-order chi connectivity index (χ0) is 21.8. The Balaban J connectivity index is 4.63. The van der Waals surface area contributed by atoms with E-state index >= 15 is 0 Å². The number of esters is 2. The first kappa shape index (κ1) is 25.4. The molecule has 2 N–H and O–H groups in total. The summed E-state index contributed by atoms with van der Waals surface area (Å²) in [6, 6.07) is 2.03. The maximum absolute atomic E-state index is 11.2. The van der Waals surface area contributed by atoms with Gasteiger partial charge in [0.2, 0.25) is 0 Å². The lowest BCUT2D eigenvalue weighted by atomic mass is 9.99. The van der Waals surface area contributed by atoms with Crippen molar-refractivity contribution in [2.75, 3.05) is 13.2 Å². The Morgan fingerprint density at radius 1 is 1.07 bits per heavy atom. The van der Waals surface area contributed by atoms with E-state index < -0.39 is 35.3 Å². The first-order valence-electron chi connectivity index (χ1n) is 8.92. The summed E-state index contributed by atoms with van der Waals surface area (Å²) >= 11 is 0. The molecular weight excluding hydrogens is 368 g/mol. The van der Waals surface area contributed by atoms with E-state index in [1.165, 1.54) is 13.8 Å². The largest absolute Gasteiger partial charge is 0.464 e. The molecule has 0 saturated carbocycles. The van der Waals surface area contributed by atoms with Gasteiger partial charge in [0, 0.05) is 6.92 Å². The number of azo groups is 1. The fourth-order valence-electron chi connectivity index (χ4n) is 1.88. The molecule has 0 rings (SSSR count). The smallest absolute Gasteiger partial charge is 0.338 e. The fourth-order valence-corrected chi connectivity index (χ4v) is 1.88. The molecule has 0 aliphatic heterocycles. The van der Waals surface area contributed by atoms with Crippen molar-refractivity contribution in [2.45, 2.75) is 76.8 Å². The minimum Gasteiger partial charge on any atom is -0.464 e. The van der Waals surface area contributed by atoms with Crippen molar-refractivity contribution >= 4 is 11.9 Å². The molecule has 0 bridgehead atoms. The van der Waals surface area contributed by atoms with Gasteiger partial charge < -0.3 is 19.7 Å². The van der Waals surface area contributed by atoms with Crippen molar-refractivity contribution in [1.29, 1.82) is 5.26 Å². The van der Waals surface area contributed by atoms with E-state index in [0.29, 0.717) is 12.8 Å². The van der Waals surface area contributed by atoms with Gasteiger partial charge in [-0.2, -0.15) is 10.4 Å². The predicted octanol–water partition coefficient (Wildman–Crippen LogP) is 1.76. The molecule has 0 spiro atoms. The van der Waals surface area contributed by atoms with E-state index in [1.54, 1.807) is 13.8 Å². The van der Waals surface area contributed by atoms with Crippen LogP contribution >= 0.6 is 0 Å². The van der Waals surface area contributed by atoms with E-state index in [0.717, 1.165) is 0 Å². The maximum Gasteiger partial charge on any atom is 0.338 e. The molecule has 10 heteroatoms. The van der Waals surface area contributed by atoms with Crippen molar-refractivity contribution in [2.24, 2.45) is 10.2 Å². The molecule has 0 radical (unpaired) electrons. The number of aliphatic hydroxyl groups excluding tert-OH is 2. The fraction of sp³-hybridized carbons (Fsp3) is 0.778. The summed E-state index contributed by atoms with van der Waals surface area (Å²) in [7, 11) is 0. The Hall–Kier alpha value is -2.56. The maximum atomic E-state index is 11.2. The van der Waals surface area contributed by atoms with Crippen molar-refractivity contribution in [3.8, 4) is 6.07 Å². The average molecular weight is 396 g/mol. The molecule has 0 aromatic heterocycles. The summed E-state index contributed by atoms with van der Waals surface area (Å²) in [6.07, 6.45) is -1.23. The number of rotatable bonds is 12. The van der Waals surface area contributed by atoms with Gasteiger partial charge >= 0.3 is 17.6 Å². The van der Waals surface area contributed by atoms with E-state index in [2.05, 4.69) is 15.1 Å². The van der Waals surface area contributed by atoms with Crippen molar-refractivity contribution in [3.05, 3.63) is 11.4 Å². The van der Waals surface area contributed by atoms with Crippen LogP contribution in [0.25, 0.3) is 4.85 Å². The molecule has 0 aliphatic carbocycles. The zero-order valence-corrected chi connectivity index (χ0v) is 16.7. The number of ether oxygens (including phenoxy) is 2. The van der Waals surface area contributed by atoms with Gasteiger partial charge in [-0.25, -0.2) is 16.2 Å². The van der Waals surface area contributed by atoms with Crippen LogP contribution in [0.15, 0.2) is 10.2 Å². The highest BCUT2D eigenvalue weighted by Crippen LogP contribution is 2.25. The molecule has 10 nitrogen and oxygen atoms in total. The Morgan fingerprint density at radius 3 is 1.93 bits per heavy atom. The minimum atomic E-state index is -1.21. The van der Waals surface area contributed by atoms with Crippen LogP contribution < -0.4 is 0 Å². The normalized spacial score (nSPS) is 17.4. The highest BCUT2D eigenvalue weighted by Gasteiger charge is 2.32. The number of aliphatic hydroxyl groups is 2. The summed E-state index contributed by atoms with van der Waals surface area (Å²) in [4.78, 5) is 25.8. The molecule has 0 saturated heterocycles. The van der Waals surface area contributed by atoms with Gasteiger partial charge in [0.1, 0.15) is 12.2 Å². The number of nitriles is 1. The topological polar surface area (TPSA) is 146 Å². The number of carbonyl (C=O) groups is 2. The highest BCUT2D eigenvalue weighted by molar-refractivity contribution is 5.74. The number of hydrogen-bond acceptors (Lipinski definition) is 9. The number of hydrogen-bond donors (Lipinski definition) is 2. The van der Waals surface area contributed by atoms with Crippen LogP contribution in [-0.2, 0) is 19.1 Å². The van der Waals surface area contributed by atoms with Crippen LogP contribution in [0, 0.1) is 17.9 Å². The average Bonchev–Trinajstić information content (AvgIpc) is 2.66. The van der Waals surface area contributed by atoms with Gasteiger partial charge in [0.15, 0.2) is 5.54 Å². The molecule has 0 amide bonds. The third kappa shape index (κ3) is 9.95. The molecular formula is C18H28N4O6. The molecule has 0 aliphatic rings. The Morgan fingerprint density at radius 2 is 1.54 bits per heavy atom. The van der Waals surface area contributed by atoms with Crippen LogP contribution in [0.3, 0.4) is 0 Å². The number of carbonyl (C=O) groups excluding carboxylic acids is 2. The second kappa shape index (κ2) is 12.0. The van der Waals surface area contributed by atoms with Crippen LogP contribution in [-0.4, -0.2) is 58.8 Å². The monoisotopic (exact) mass is 396 g/mol. The second-order valence-corrected chi connectivity index (χ2v) is 6.81. The standard InChI is InChI=1S/C18H28N4O6/c1-13(23)15(25)27-10-6-8-17(3,12-19)21-22-18(4,20-5)9-7-11-28-16(26)14(2)24/h13-14,23-24H,6-11H2,1-4H3. The molecule has 156 valence electrons. The predicted molar refractivity (Wildman–Crippen MR) is 97.6 cm³/mol. The third-order valence-electron chi connectivity index (χ3n) is 3.74. The molecule has 4 atom stereocenters. The minimum absolute atomic E-state index is 0.0330. The van der Waals surface area contributed by atoms with Gasteiger partial charge in [-0.05, 0) is 40.0 Å². The molecule has 0 aromatic rings. The summed E-state index contributed by atoms with van der Waals surface area (Å²) in [6.45, 7) is 13.1. The lowest BCUT2D eigenvalue weighted by Crippen LogP contribution is -2.25. The molecule has 0 heterocycles. The quantitative estimate of drug-likeness (QED) is 0.221. The van der Waals surface area contributed by atoms with Gasteiger partial charge in [-0.1, -0.05) is 0 Å². The van der Waals surface area contributed by atoms with Crippen LogP contribution in [0.5, 0.6) is 0 Å². The summed E-state index contributed by atoms with van der Waals surface area (Å²) < 4.78 is 9.67. The highest BCUT2D eigenvalue weighted by atomic mass is 16.5. The Kier molecular flexibility index (Phi) is 10.9. The SMILES string of the molecule is [C-]#[N+]C(C)(CCCOC(=O)C(C)O)N=NC(C)(C#N)CCCOC(=O)C(C)O. The lowest BCUT2D eigenvalue weighted by molar-refractivity contribution is -0.153. The van der Waals surface area contributed by atoms with E-state index in [1.807, 2.05) is 6.07 Å². The van der Waals surface area contributed by atoms with Gasteiger partial charge in [-0.15, -0.1) is 5.11 Å². The van der Waals surface area contributed by atoms with Crippen LogP contribution in [0.2, 0.25) is 0 Å². The number of nitrogens with zero attached hydrogens (tertiary/aromatic N) is 4. The Bertz CT molecular complexity index is 583. The van der Waals surface area contributed by atoms with E-state index in [9.17, 15) is 14.9 Å². The van der Waals surface area contributed by atoms with Crippen LogP contribution in [0.4, 0.5) is 0 Å². The molecule has 0 fully saturated rings. The van der Waals surface area contributed by atoms with E-state index in [-0.39, 0.29) is 26.1 Å². The summed E-state index contributed by atoms with van der Waals surface area (Å²) in [5.74, 6) is -1.48. The van der Waals surface area contributed by atoms with Gasteiger partial charge in [0.25, 0.3) is 0 Å². The van der Waals surface area contributed by atoms with Crippen LogP contribution in [0.1, 0.15) is 53.4 Å². The first-order valence-corrected chi connectivity index (χ1v) is 8.92.